The van der Waals surface area contributed by atoms with Crippen LogP contribution in [0.15, 0.2) is 62.7 Å². The number of nitrogens with one attached hydrogen (secondary N) is 1. The third-order valence-electron chi connectivity index (χ3n) is 5.20. The summed E-state index contributed by atoms with van der Waals surface area (Å²) in [5, 5.41) is 10.5. The SMILES string of the molecule is O=C(O)c1c(-c2ccc[nH]c2=O)c2c3occc3c(F)cc2n1Cc1nc(Br)ccc1F. The molecule has 0 aliphatic heterocycles. The number of hydrogen-bond acceptors (Lipinski definition) is 4. The molecule has 0 saturated heterocycles. The first kappa shape index (κ1) is 20.1. The van der Waals surface area contributed by atoms with E-state index < -0.39 is 23.2 Å². The summed E-state index contributed by atoms with van der Waals surface area (Å²) in [5.41, 5.74) is -0.604. The van der Waals surface area contributed by atoms with Crippen molar-refractivity contribution in [3.05, 3.63) is 86.8 Å². The molecule has 0 aliphatic carbocycles. The van der Waals surface area contributed by atoms with E-state index in [1.54, 1.807) is 6.07 Å². The third kappa shape index (κ3) is 3.02. The lowest BCUT2D eigenvalue weighted by Crippen LogP contribution is -2.14. The molecule has 0 atom stereocenters. The van der Waals surface area contributed by atoms with Crippen molar-refractivity contribution in [1.82, 2.24) is 14.5 Å². The number of hydrogen-bond donors (Lipinski definition) is 2. The molecule has 0 radical (unpaired) electrons. The molecule has 4 heterocycles. The average Bonchev–Trinajstić information content (AvgIpc) is 3.35. The fourth-order valence-corrected chi connectivity index (χ4v) is 4.24. The number of aromatic carboxylic acids is 1. The Morgan fingerprint density at radius 2 is 2.03 bits per heavy atom. The number of nitrogens with zero attached hydrogens (tertiary/aromatic N) is 2. The molecule has 160 valence electrons. The van der Waals surface area contributed by atoms with E-state index in [9.17, 15) is 23.5 Å². The maximum Gasteiger partial charge on any atom is 0.353 e. The smallest absolute Gasteiger partial charge is 0.353 e. The molecule has 0 bridgehead atoms. The van der Waals surface area contributed by atoms with Gasteiger partial charge >= 0.3 is 5.97 Å². The Labute approximate surface area is 186 Å². The van der Waals surface area contributed by atoms with Crippen LogP contribution in [0.3, 0.4) is 0 Å². The highest BCUT2D eigenvalue weighted by Crippen LogP contribution is 2.40. The van der Waals surface area contributed by atoms with Crippen molar-refractivity contribution in [3.63, 3.8) is 0 Å². The van der Waals surface area contributed by atoms with Gasteiger partial charge in [0.25, 0.3) is 5.56 Å². The lowest BCUT2D eigenvalue weighted by molar-refractivity contribution is 0.0687. The van der Waals surface area contributed by atoms with Gasteiger partial charge in [-0.15, -0.1) is 0 Å². The average molecular weight is 500 g/mol. The number of carboxylic acid groups (broad SMARTS) is 1. The van der Waals surface area contributed by atoms with Gasteiger partial charge in [0.1, 0.15) is 27.5 Å². The van der Waals surface area contributed by atoms with Crippen LogP contribution in [0.5, 0.6) is 0 Å². The number of pyridine rings is 2. The van der Waals surface area contributed by atoms with Crippen LogP contribution in [0.1, 0.15) is 16.2 Å². The first-order valence-corrected chi connectivity index (χ1v) is 10.1. The topological polar surface area (TPSA) is 101 Å². The summed E-state index contributed by atoms with van der Waals surface area (Å²) in [6.45, 7) is -0.320. The van der Waals surface area contributed by atoms with Gasteiger partial charge in [0.2, 0.25) is 0 Å². The summed E-state index contributed by atoms with van der Waals surface area (Å²) in [7, 11) is 0. The Bertz CT molecular complexity index is 1600. The predicted octanol–water partition coefficient (Wildman–Crippen LogP) is 4.93. The van der Waals surface area contributed by atoms with E-state index in [1.165, 1.54) is 41.3 Å². The number of H-pyrrole nitrogens is 1. The van der Waals surface area contributed by atoms with E-state index >= 15 is 0 Å². The van der Waals surface area contributed by atoms with Crippen molar-refractivity contribution in [2.24, 2.45) is 0 Å². The monoisotopic (exact) mass is 499 g/mol. The maximum atomic E-state index is 14.8. The second-order valence-electron chi connectivity index (χ2n) is 7.01. The minimum absolute atomic E-state index is 0.0460. The van der Waals surface area contributed by atoms with Gasteiger partial charge in [-0.25, -0.2) is 18.6 Å². The third-order valence-corrected chi connectivity index (χ3v) is 5.64. The molecule has 0 saturated carbocycles. The molecule has 0 amide bonds. The minimum Gasteiger partial charge on any atom is -0.477 e. The largest absolute Gasteiger partial charge is 0.477 e. The molecule has 7 nitrogen and oxygen atoms in total. The number of benzene rings is 1. The number of aromatic amines is 1. The van der Waals surface area contributed by atoms with Crippen LogP contribution in [0.25, 0.3) is 33.0 Å². The highest BCUT2D eigenvalue weighted by Gasteiger charge is 2.29. The molecule has 0 unspecified atom stereocenters. The van der Waals surface area contributed by atoms with Gasteiger partial charge < -0.3 is 19.1 Å². The van der Waals surface area contributed by atoms with Crippen LogP contribution in [-0.2, 0) is 6.54 Å². The van der Waals surface area contributed by atoms with Crippen LogP contribution in [-0.4, -0.2) is 25.6 Å². The van der Waals surface area contributed by atoms with Crippen molar-refractivity contribution >= 4 is 43.8 Å². The van der Waals surface area contributed by atoms with Gasteiger partial charge in [0, 0.05) is 11.8 Å². The van der Waals surface area contributed by atoms with Crippen LogP contribution >= 0.6 is 15.9 Å². The first-order chi connectivity index (χ1) is 15.4. The second kappa shape index (κ2) is 7.41. The van der Waals surface area contributed by atoms with Gasteiger partial charge in [-0.1, -0.05) is 0 Å². The summed E-state index contributed by atoms with van der Waals surface area (Å²) in [4.78, 5) is 31.6. The summed E-state index contributed by atoms with van der Waals surface area (Å²) in [6, 6.07) is 8.16. The normalized spacial score (nSPS) is 11.5. The first-order valence-electron chi connectivity index (χ1n) is 9.31. The molecule has 4 aromatic heterocycles. The number of fused-ring (bicyclic) bond motifs is 3. The van der Waals surface area contributed by atoms with Crippen LogP contribution in [0.4, 0.5) is 8.78 Å². The van der Waals surface area contributed by atoms with E-state index in [-0.39, 0.29) is 50.9 Å². The zero-order valence-corrected chi connectivity index (χ0v) is 17.6. The molecule has 2 N–H and O–H groups in total. The summed E-state index contributed by atoms with van der Waals surface area (Å²) in [6.07, 6.45) is 2.69. The second-order valence-corrected chi connectivity index (χ2v) is 7.82. The predicted molar refractivity (Wildman–Crippen MR) is 116 cm³/mol. The summed E-state index contributed by atoms with van der Waals surface area (Å²) < 4.78 is 36.4. The summed E-state index contributed by atoms with van der Waals surface area (Å²) >= 11 is 3.17. The molecular weight excluding hydrogens is 488 g/mol. The lowest BCUT2D eigenvalue weighted by atomic mass is 10.0. The number of aromatic nitrogens is 3. The molecule has 0 fully saturated rings. The van der Waals surface area contributed by atoms with Gasteiger partial charge in [-0.3, -0.25) is 4.79 Å². The number of rotatable bonds is 4. The molecule has 5 aromatic rings. The number of carboxylic acids is 1. The number of furan rings is 1. The Balaban J connectivity index is 1.96. The fraction of sp³-hybridized carbons (Fsp3) is 0.0455. The molecule has 32 heavy (non-hydrogen) atoms. The fourth-order valence-electron chi connectivity index (χ4n) is 3.89. The highest BCUT2D eigenvalue weighted by atomic mass is 79.9. The molecule has 5 rings (SSSR count). The van der Waals surface area contributed by atoms with Crippen molar-refractivity contribution in [1.29, 1.82) is 0 Å². The van der Waals surface area contributed by atoms with Crippen LogP contribution < -0.4 is 5.56 Å². The zero-order valence-electron chi connectivity index (χ0n) is 16.0. The molecular formula is C22H12BrF2N3O4. The van der Waals surface area contributed by atoms with Crippen molar-refractivity contribution in [3.8, 4) is 11.1 Å². The van der Waals surface area contributed by atoms with E-state index in [2.05, 4.69) is 25.9 Å². The van der Waals surface area contributed by atoms with Crippen molar-refractivity contribution in [2.45, 2.75) is 6.54 Å². The maximum absolute atomic E-state index is 14.8. The van der Waals surface area contributed by atoms with Gasteiger partial charge in [0.15, 0.2) is 0 Å². The summed E-state index contributed by atoms with van der Waals surface area (Å²) in [5.74, 6) is -2.69. The number of halogens is 3. The highest BCUT2D eigenvalue weighted by molar-refractivity contribution is 9.10. The Kier molecular flexibility index (Phi) is 4.66. The molecule has 1 aromatic carbocycles. The molecule has 0 spiro atoms. The van der Waals surface area contributed by atoms with Crippen molar-refractivity contribution in [2.75, 3.05) is 0 Å². The molecule has 10 heteroatoms. The van der Waals surface area contributed by atoms with Crippen LogP contribution in [0.2, 0.25) is 0 Å². The minimum atomic E-state index is -1.38. The quantitative estimate of drug-likeness (QED) is 0.341. The van der Waals surface area contributed by atoms with E-state index in [4.69, 9.17) is 4.42 Å². The number of carbonyl (C=O) groups is 1. The van der Waals surface area contributed by atoms with Gasteiger partial charge in [-0.05, 0) is 52.3 Å². The lowest BCUT2D eigenvalue weighted by Gasteiger charge is -2.10. The standard InChI is InChI=1S/C22H12BrF2N3O4/c23-16-4-3-12(24)14(27-16)9-28-15-8-13(25)10-5-7-32-20(10)18(15)17(19(28)22(30)31)11-2-1-6-26-21(11)29/h1-8H,9H2,(H,26,29)(H,30,31). The molecule has 0 aliphatic rings. The zero-order chi connectivity index (χ0) is 22.6. The van der Waals surface area contributed by atoms with Crippen molar-refractivity contribution < 1.29 is 23.1 Å². The Hall–Kier alpha value is -3.79. The Morgan fingerprint density at radius 3 is 2.78 bits per heavy atom. The van der Waals surface area contributed by atoms with Crippen LogP contribution in [0, 0.1) is 11.6 Å². The van der Waals surface area contributed by atoms with Gasteiger partial charge in [0.05, 0.1) is 40.4 Å². The van der Waals surface area contributed by atoms with Gasteiger partial charge in [-0.2, -0.15) is 0 Å². The van der Waals surface area contributed by atoms with E-state index in [0.717, 1.165) is 6.07 Å². The van der Waals surface area contributed by atoms with E-state index in [1.807, 2.05) is 0 Å². The Morgan fingerprint density at radius 1 is 1.22 bits per heavy atom. The van der Waals surface area contributed by atoms with E-state index in [0.29, 0.717) is 4.60 Å².